The second-order valence-electron chi connectivity index (χ2n) is 23.7. The Morgan fingerprint density at radius 1 is 0.366 bits per heavy atom. The molecule has 0 N–H and O–H groups in total. The Morgan fingerprint density at radius 2 is 0.831 bits per heavy atom. The average Bonchev–Trinajstić information content (AvgIpc) is 4.02. The Morgan fingerprint density at radius 3 is 1.41 bits per heavy atom. The van der Waals surface area contributed by atoms with E-state index in [2.05, 4.69) is 262 Å². The minimum absolute atomic E-state index is 0.000926. The van der Waals surface area contributed by atoms with Crippen LogP contribution in [0.15, 0.2) is 192 Å². The van der Waals surface area contributed by atoms with Crippen molar-refractivity contribution < 1.29 is 4.42 Å². The molecular formula is C69H61NO. The van der Waals surface area contributed by atoms with Crippen LogP contribution in [0.2, 0.25) is 0 Å². The molecule has 348 valence electrons. The second-order valence-corrected chi connectivity index (χ2v) is 23.7. The zero-order chi connectivity index (χ0) is 49.0. The summed E-state index contributed by atoms with van der Waals surface area (Å²) in [4.78, 5) is 2.50. The first-order valence-corrected chi connectivity index (χ1v) is 25.6. The van der Waals surface area contributed by atoms with Gasteiger partial charge in [0.1, 0.15) is 11.2 Å². The maximum atomic E-state index is 6.96. The third-order valence-electron chi connectivity index (χ3n) is 16.8. The van der Waals surface area contributed by atoms with Crippen LogP contribution in [0.3, 0.4) is 0 Å². The quantitative estimate of drug-likeness (QED) is 0.171. The van der Waals surface area contributed by atoms with E-state index in [1.807, 2.05) is 0 Å². The maximum absolute atomic E-state index is 6.96. The molecule has 0 amide bonds. The van der Waals surface area contributed by atoms with E-state index < -0.39 is 5.41 Å². The molecule has 10 aromatic rings. The van der Waals surface area contributed by atoms with Crippen molar-refractivity contribution in [1.29, 1.82) is 0 Å². The van der Waals surface area contributed by atoms with Crippen molar-refractivity contribution >= 4 is 39.0 Å². The first-order valence-electron chi connectivity index (χ1n) is 25.6. The molecule has 0 saturated carbocycles. The lowest BCUT2D eigenvalue weighted by Crippen LogP contribution is -2.28. The minimum Gasteiger partial charge on any atom is -0.456 e. The Balaban J connectivity index is 0.993. The lowest BCUT2D eigenvalue weighted by atomic mass is 9.68. The third-order valence-corrected chi connectivity index (χ3v) is 16.8. The molecule has 0 bridgehead atoms. The van der Waals surface area contributed by atoms with Crippen LogP contribution in [0.5, 0.6) is 0 Å². The highest BCUT2D eigenvalue weighted by Gasteiger charge is 2.46. The van der Waals surface area contributed by atoms with Gasteiger partial charge in [0, 0.05) is 44.2 Å². The van der Waals surface area contributed by atoms with Crippen LogP contribution in [0.1, 0.15) is 125 Å². The first kappa shape index (κ1) is 43.6. The van der Waals surface area contributed by atoms with Crippen molar-refractivity contribution in [1.82, 2.24) is 0 Å². The molecule has 3 aliphatic rings. The van der Waals surface area contributed by atoms with Crippen molar-refractivity contribution in [3.63, 3.8) is 0 Å². The van der Waals surface area contributed by atoms with Crippen LogP contribution in [-0.4, -0.2) is 0 Å². The molecule has 0 saturated heterocycles. The lowest BCUT2D eigenvalue weighted by Gasteiger charge is -2.34. The summed E-state index contributed by atoms with van der Waals surface area (Å²) in [5.41, 5.74) is 25.4. The van der Waals surface area contributed by atoms with E-state index in [0.29, 0.717) is 0 Å². The van der Waals surface area contributed by atoms with E-state index in [0.717, 1.165) is 28.2 Å². The monoisotopic (exact) mass is 919 g/mol. The van der Waals surface area contributed by atoms with Crippen LogP contribution < -0.4 is 4.90 Å². The smallest absolute Gasteiger partial charge is 0.139 e. The Labute approximate surface area is 419 Å². The van der Waals surface area contributed by atoms with Crippen LogP contribution >= 0.6 is 0 Å². The summed E-state index contributed by atoms with van der Waals surface area (Å²) >= 11 is 0. The molecule has 0 fully saturated rings. The van der Waals surface area contributed by atoms with Gasteiger partial charge in [-0.1, -0.05) is 203 Å². The number of rotatable bonds is 5. The van der Waals surface area contributed by atoms with E-state index >= 15 is 0 Å². The van der Waals surface area contributed by atoms with Gasteiger partial charge in [-0.25, -0.2) is 0 Å². The van der Waals surface area contributed by atoms with Gasteiger partial charge < -0.3 is 9.32 Å². The number of hydrogen-bond donors (Lipinski definition) is 0. The molecular weight excluding hydrogens is 859 g/mol. The summed E-state index contributed by atoms with van der Waals surface area (Å²) in [7, 11) is 0. The highest BCUT2D eigenvalue weighted by molar-refractivity contribution is 6.09. The molecule has 9 aromatic carbocycles. The molecule has 0 unspecified atom stereocenters. The van der Waals surface area contributed by atoms with Crippen molar-refractivity contribution in [3.05, 3.63) is 244 Å². The molecule has 0 aliphatic heterocycles. The van der Waals surface area contributed by atoms with Gasteiger partial charge in [-0.3, -0.25) is 0 Å². The molecule has 2 heteroatoms. The topological polar surface area (TPSA) is 16.4 Å². The lowest BCUT2D eigenvalue weighted by molar-refractivity contribution is 0.559. The molecule has 13 rings (SSSR count). The Kier molecular flexibility index (Phi) is 9.09. The van der Waals surface area contributed by atoms with Crippen molar-refractivity contribution in [2.75, 3.05) is 4.90 Å². The van der Waals surface area contributed by atoms with E-state index in [1.54, 1.807) is 0 Å². The zero-order valence-electron chi connectivity index (χ0n) is 42.8. The summed E-state index contributed by atoms with van der Waals surface area (Å²) in [6.45, 7) is 23.4. The number of furan rings is 1. The van der Waals surface area contributed by atoms with E-state index in [-0.39, 0.29) is 21.7 Å². The van der Waals surface area contributed by atoms with Gasteiger partial charge in [0.2, 0.25) is 0 Å². The van der Waals surface area contributed by atoms with E-state index in [1.165, 1.54) is 99.8 Å². The fourth-order valence-electron chi connectivity index (χ4n) is 13.1. The summed E-state index contributed by atoms with van der Waals surface area (Å²) in [6, 6.07) is 71.5. The van der Waals surface area contributed by atoms with E-state index in [9.17, 15) is 0 Å². The summed E-state index contributed by atoms with van der Waals surface area (Å²) in [5.74, 6) is 0. The molecule has 0 atom stereocenters. The van der Waals surface area contributed by atoms with Crippen molar-refractivity contribution in [2.24, 2.45) is 0 Å². The first-order chi connectivity index (χ1) is 34.0. The van der Waals surface area contributed by atoms with Gasteiger partial charge in [-0.15, -0.1) is 0 Å². The molecule has 2 nitrogen and oxygen atoms in total. The van der Waals surface area contributed by atoms with Crippen LogP contribution in [0.4, 0.5) is 17.1 Å². The van der Waals surface area contributed by atoms with Crippen molar-refractivity contribution in [3.8, 4) is 33.4 Å². The zero-order valence-corrected chi connectivity index (χ0v) is 42.8. The Bertz CT molecular complexity index is 3780. The number of anilines is 3. The van der Waals surface area contributed by atoms with Crippen LogP contribution in [0.25, 0.3) is 55.3 Å². The molecule has 1 heterocycles. The SMILES string of the molecule is CC(C)(C)c1cc(C(C)(C)C)c2oc3cc4c(cc3c2c1)-c1ccc(N(c2ccc(C3(c5ccccc5)c5ccccc5-c5ccccc53)cc2)c2ccc3c(c2)C(C)(C)c2ccccc2-3)cc1C4(C)C. The van der Waals surface area contributed by atoms with Gasteiger partial charge in [0.25, 0.3) is 0 Å². The Hall–Kier alpha value is -7.42. The van der Waals surface area contributed by atoms with E-state index in [4.69, 9.17) is 4.42 Å². The minimum atomic E-state index is -0.475. The van der Waals surface area contributed by atoms with Crippen molar-refractivity contribution in [2.45, 2.75) is 96.3 Å². The number of benzene rings is 9. The number of nitrogens with zero attached hydrogens (tertiary/aromatic N) is 1. The molecule has 3 aliphatic carbocycles. The molecule has 71 heavy (non-hydrogen) atoms. The molecule has 0 spiro atoms. The van der Waals surface area contributed by atoms with Gasteiger partial charge in [-0.2, -0.15) is 0 Å². The highest BCUT2D eigenvalue weighted by atomic mass is 16.3. The summed E-state index contributed by atoms with van der Waals surface area (Å²) < 4.78 is 6.96. The molecule has 1 aromatic heterocycles. The number of fused-ring (bicyclic) bond motifs is 12. The summed E-state index contributed by atoms with van der Waals surface area (Å²) in [6.07, 6.45) is 0. The fourth-order valence-corrected chi connectivity index (χ4v) is 13.1. The fraction of sp³-hybridized carbons (Fsp3) is 0.217. The van der Waals surface area contributed by atoms with Crippen LogP contribution in [-0.2, 0) is 27.1 Å². The van der Waals surface area contributed by atoms with Gasteiger partial charge in [0.15, 0.2) is 0 Å². The third kappa shape index (κ3) is 6.13. The summed E-state index contributed by atoms with van der Waals surface area (Å²) in [5, 5.41) is 2.39. The number of hydrogen-bond acceptors (Lipinski definition) is 2. The van der Waals surface area contributed by atoms with Gasteiger partial charge in [-0.05, 0) is 149 Å². The average molecular weight is 920 g/mol. The predicted octanol–water partition coefficient (Wildman–Crippen LogP) is 18.6. The molecule has 0 radical (unpaired) electrons. The van der Waals surface area contributed by atoms with Gasteiger partial charge in [0.05, 0.1) is 5.41 Å². The van der Waals surface area contributed by atoms with Crippen LogP contribution in [0, 0.1) is 0 Å². The normalized spacial score (nSPS) is 15.5. The standard InChI is InChI=1S/C69H61NO/c1-65(2,3)44-36-55-54-40-53-52-35-33-47(39-60(52)68(9,10)61(53)41-63(54)71-64(55)62(37-44)66(4,5)6)70(46-32-34-51-48-22-14-17-25-56(48)67(7,8)59(51)38-46)45-30-28-43(29-31-45)69(42-20-12-11-13-21-42)57-26-18-15-23-49(57)50-24-16-19-27-58(50)69/h11-41H,1-10H3. The van der Waals surface area contributed by atoms with Gasteiger partial charge >= 0.3 is 0 Å². The maximum Gasteiger partial charge on any atom is 0.139 e. The largest absolute Gasteiger partial charge is 0.456 e. The predicted molar refractivity (Wildman–Crippen MR) is 298 cm³/mol. The highest BCUT2D eigenvalue weighted by Crippen LogP contribution is 2.58. The second kappa shape index (κ2) is 14.8.